The van der Waals surface area contributed by atoms with Crippen LogP contribution in [0.4, 0.5) is 18.9 Å². The van der Waals surface area contributed by atoms with E-state index < -0.39 is 52.7 Å². The molecule has 2 saturated heterocycles. The number of hydrogen-bond donors (Lipinski definition) is 1. The van der Waals surface area contributed by atoms with Gasteiger partial charge < -0.3 is 0 Å². The van der Waals surface area contributed by atoms with E-state index >= 15 is 0 Å². The first-order valence-corrected chi connectivity index (χ1v) is 13.0. The first-order valence-electron chi connectivity index (χ1n) is 13.0. The molecule has 10 heteroatoms. The Bertz CT molecular complexity index is 1810. The number of carbonyl (C=O) groups excluding carboxylic acids is 2. The highest BCUT2D eigenvalue weighted by atomic mass is 19.4. The van der Waals surface area contributed by atoms with Gasteiger partial charge >= 0.3 is 6.18 Å². The number of nitrogens with zero attached hydrogens (tertiary/aromatic N) is 3. The largest absolute Gasteiger partial charge is 0.418 e. The molecule has 2 amide bonds. The van der Waals surface area contributed by atoms with E-state index in [1.165, 1.54) is 16.7 Å². The van der Waals surface area contributed by atoms with Gasteiger partial charge in [-0.05, 0) is 36.2 Å². The average molecular weight is 545 g/mol. The van der Waals surface area contributed by atoms with E-state index in [1.807, 2.05) is 13.8 Å². The second-order valence-electron chi connectivity index (χ2n) is 10.9. The predicted octanol–water partition coefficient (Wildman–Crippen LogP) is 4.40. The van der Waals surface area contributed by atoms with Crippen LogP contribution in [0.15, 0.2) is 77.6 Å². The third-order valence-electron chi connectivity index (χ3n) is 8.47. The molecule has 202 valence electrons. The van der Waals surface area contributed by atoms with Crippen LogP contribution in [-0.2, 0) is 21.3 Å². The van der Waals surface area contributed by atoms with Gasteiger partial charge in [0.25, 0.3) is 5.56 Å². The van der Waals surface area contributed by atoms with Crippen LogP contribution < -0.4 is 15.8 Å². The molecule has 0 bridgehead atoms. The maximum atomic E-state index is 14.4. The van der Waals surface area contributed by atoms with Gasteiger partial charge in [0, 0.05) is 11.6 Å². The lowest BCUT2D eigenvalue weighted by atomic mass is 9.75. The van der Waals surface area contributed by atoms with E-state index in [1.54, 1.807) is 48.5 Å². The summed E-state index contributed by atoms with van der Waals surface area (Å²) in [5.41, 5.74) is -1.76. The molecule has 0 saturated carbocycles. The molecule has 3 aromatic carbocycles. The number of halogens is 3. The molecule has 1 spiro atoms. The smallest absolute Gasteiger partial charge is 0.296 e. The van der Waals surface area contributed by atoms with Gasteiger partial charge in [-0.3, -0.25) is 24.3 Å². The molecule has 3 aliphatic heterocycles. The van der Waals surface area contributed by atoms with Crippen molar-refractivity contribution in [1.29, 1.82) is 0 Å². The number of hydrogen-bond acceptors (Lipinski definition) is 5. The van der Waals surface area contributed by atoms with E-state index in [0.29, 0.717) is 27.1 Å². The first kappa shape index (κ1) is 24.7. The summed E-state index contributed by atoms with van der Waals surface area (Å²) < 4.78 is 43.5. The fourth-order valence-electron chi connectivity index (χ4n) is 6.87. The van der Waals surface area contributed by atoms with Crippen molar-refractivity contribution >= 4 is 28.4 Å². The van der Waals surface area contributed by atoms with Crippen LogP contribution in [0.2, 0.25) is 0 Å². The van der Waals surface area contributed by atoms with E-state index in [9.17, 15) is 27.6 Å². The summed E-state index contributed by atoms with van der Waals surface area (Å²) >= 11 is 0. The molecular weight excluding hydrogens is 521 g/mol. The molecule has 4 heterocycles. The van der Waals surface area contributed by atoms with Crippen LogP contribution in [0.1, 0.15) is 30.8 Å². The third-order valence-corrected chi connectivity index (χ3v) is 8.47. The zero-order valence-electron chi connectivity index (χ0n) is 21.4. The summed E-state index contributed by atoms with van der Waals surface area (Å²) in [4.78, 5) is 47.8. The topological polar surface area (TPSA) is 84.3 Å². The van der Waals surface area contributed by atoms with Crippen LogP contribution in [-0.4, -0.2) is 27.4 Å². The molecule has 1 N–H and O–H groups in total. The monoisotopic (exact) mass is 544 g/mol. The van der Waals surface area contributed by atoms with Crippen molar-refractivity contribution in [2.24, 2.45) is 17.8 Å². The van der Waals surface area contributed by atoms with E-state index in [2.05, 4.69) is 5.32 Å². The number of aromatic nitrogens is 2. The second-order valence-corrected chi connectivity index (χ2v) is 10.9. The Morgan fingerprint density at radius 2 is 1.52 bits per heavy atom. The quantitative estimate of drug-likeness (QED) is 0.379. The molecule has 0 aliphatic carbocycles. The van der Waals surface area contributed by atoms with Gasteiger partial charge in [-0.2, -0.15) is 13.2 Å². The fourth-order valence-corrected chi connectivity index (χ4v) is 6.87. The summed E-state index contributed by atoms with van der Waals surface area (Å²) in [6.45, 7) is 3.78. The zero-order chi connectivity index (χ0) is 28.1. The lowest BCUT2D eigenvalue weighted by Crippen LogP contribution is -2.51. The van der Waals surface area contributed by atoms with E-state index in [4.69, 9.17) is 4.98 Å². The van der Waals surface area contributed by atoms with Gasteiger partial charge in [0.2, 0.25) is 11.8 Å². The Kier molecular flexibility index (Phi) is 5.01. The van der Waals surface area contributed by atoms with E-state index in [0.717, 1.165) is 12.1 Å². The molecule has 1 aromatic heterocycles. The summed E-state index contributed by atoms with van der Waals surface area (Å²) in [6, 6.07) is 18.0. The molecule has 7 rings (SSSR count). The van der Waals surface area contributed by atoms with Crippen molar-refractivity contribution < 1.29 is 22.8 Å². The van der Waals surface area contributed by atoms with Gasteiger partial charge in [-0.1, -0.05) is 56.3 Å². The highest BCUT2D eigenvalue weighted by molar-refractivity contribution is 6.23. The fraction of sp³-hybridized carbons (Fsp3) is 0.267. The lowest BCUT2D eigenvalue weighted by molar-refractivity contribution is -0.137. The van der Waals surface area contributed by atoms with Crippen LogP contribution >= 0.6 is 0 Å². The van der Waals surface area contributed by atoms with Crippen LogP contribution in [0, 0.1) is 17.8 Å². The molecule has 2 fully saturated rings. The Balaban J connectivity index is 1.53. The van der Waals surface area contributed by atoms with Gasteiger partial charge in [0.05, 0.1) is 39.7 Å². The van der Waals surface area contributed by atoms with Crippen molar-refractivity contribution in [3.63, 3.8) is 0 Å². The van der Waals surface area contributed by atoms with Crippen molar-refractivity contribution in [1.82, 2.24) is 14.9 Å². The van der Waals surface area contributed by atoms with E-state index in [-0.39, 0.29) is 17.3 Å². The molecular formula is C30H23F3N4O3. The number of fused-ring (bicyclic) bond motifs is 8. The Morgan fingerprint density at radius 3 is 2.25 bits per heavy atom. The molecule has 4 aromatic rings. The number of para-hydroxylation sites is 3. The number of rotatable bonds is 2. The number of nitrogens with one attached hydrogen (secondary N) is 1. The van der Waals surface area contributed by atoms with Gasteiger partial charge in [-0.25, -0.2) is 9.88 Å². The number of anilines is 1. The molecule has 7 nitrogen and oxygen atoms in total. The maximum absolute atomic E-state index is 14.4. The first-order chi connectivity index (χ1) is 19.1. The standard InChI is InChI=1S/C30H23F3N4O3/c1-15(2)24-22-23(27(40)36(26(22)39)21-14-8-5-11-18(21)30(31,32)33)29(35-24)17-10-4-7-13-20(17)37-25(38)16-9-3-6-12-19(16)34-28(29)37/h3-15,22-24,35H,1-2H3/t22-,23-,24-,29+/m1/s1. The predicted molar refractivity (Wildman–Crippen MR) is 141 cm³/mol. The van der Waals surface area contributed by atoms with Crippen molar-refractivity contribution in [3.05, 3.63) is 100 Å². The number of carbonyl (C=O) groups is 2. The SMILES string of the molecule is CC(C)[C@H]1N[C@@]2(c3ccccc3-n3c2nc2ccccc2c3=O)[C@H]2C(=O)N(c3ccccc3C(F)(F)F)C(=O)[C@@H]12. The summed E-state index contributed by atoms with van der Waals surface area (Å²) in [7, 11) is 0. The molecule has 40 heavy (non-hydrogen) atoms. The third kappa shape index (κ3) is 2.99. The number of alkyl halides is 3. The van der Waals surface area contributed by atoms with Crippen LogP contribution in [0.3, 0.4) is 0 Å². The normalized spacial score (nSPS) is 25.2. The summed E-state index contributed by atoms with van der Waals surface area (Å²) in [6.07, 6.45) is -4.78. The van der Waals surface area contributed by atoms with Crippen molar-refractivity contribution in [3.8, 4) is 5.69 Å². The second kappa shape index (κ2) is 8.11. The number of imide groups is 1. The number of benzene rings is 3. The van der Waals surface area contributed by atoms with Crippen molar-refractivity contribution in [2.45, 2.75) is 31.6 Å². The minimum atomic E-state index is -4.78. The Hall–Kier alpha value is -4.31. The highest BCUT2D eigenvalue weighted by Crippen LogP contribution is 2.57. The summed E-state index contributed by atoms with van der Waals surface area (Å²) in [5, 5.41) is 3.93. The van der Waals surface area contributed by atoms with Crippen molar-refractivity contribution in [2.75, 3.05) is 4.90 Å². The Morgan fingerprint density at radius 1 is 0.875 bits per heavy atom. The lowest BCUT2D eigenvalue weighted by Gasteiger charge is -2.32. The van der Waals surface area contributed by atoms with Gasteiger partial charge in [-0.15, -0.1) is 0 Å². The Labute approximate surface area is 226 Å². The molecule has 0 unspecified atom stereocenters. The number of amides is 2. The minimum Gasteiger partial charge on any atom is -0.296 e. The van der Waals surface area contributed by atoms with Crippen LogP contribution in [0.5, 0.6) is 0 Å². The molecule has 0 radical (unpaired) electrons. The molecule has 4 atom stereocenters. The maximum Gasteiger partial charge on any atom is 0.418 e. The highest BCUT2D eigenvalue weighted by Gasteiger charge is 2.70. The van der Waals surface area contributed by atoms with Crippen LogP contribution in [0.25, 0.3) is 16.6 Å². The van der Waals surface area contributed by atoms with Gasteiger partial charge in [0.15, 0.2) is 0 Å². The molecule has 3 aliphatic rings. The summed E-state index contributed by atoms with van der Waals surface area (Å²) in [5.74, 6) is -3.48. The average Bonchev–Trinajstić information content (AvgIpc) is 3.52. The van der Waals surface area contributed by atoms with Gasteiger partial charge in [0.1, 0.15) is 11.4 Å². The minimum absolute atomic E-state index is 0.171. The zero-order valence-corrected chi connectivity index (χ0v) is 21.4.